The first-order valence-corrected chi connectivity index (χ1v) is 6.35. The van der Waals surface area contributed by atoms with Gasteiger partial charge in [0.1, 0.15) is 11.3 Å². The van der Waals surface area contributed by atoms with Gasteiger partial charge in [-0.3, -0.25) is 4.79 Å². The van der Waals surface area contributed by atoms with E-state index in [2.05, 4.69) is 0 Å². The number of fused-ring (bicyclic) bond motifs is 5. The van der Waals surface area contributed by atoms with Crippen molar-refractivity contribution in [1.29, 1.82) is 0 Å². The van der Waals surface area contributed by atoms with Gasteiger partial charge in [-0.25, -0.2) is 4.39 Å². The van der Waals surface area contributed by atoms with Crippen LogP contribution in [0, 0.1) is 5.82 Å². The van der Waals surface area contributed by atoms with E-state index < -0.39 is 0 Å². The first-order valence-electron chi connectivity index (χ1n) is 6.35. The van der Waals surface area contributed by atoms with Crippen LogP contribution in [0.25, 0.3) is 27.5 Å². The molecule has 2 aromatic carbocycles. The summed E-state index contributed by atoms with van der Waals surface area (Å²) in [4.78, 5) is 12.4. The van der Waals surface area contributed by atoms with Gasteiger partial charge in [-0.1, -0.05) is 12.1 Å². The maximum absolute atomic E-state index is 13.5. The Labute approximate surface area is 113 Å². The fourth-order valence-electron chi connectivity index (χ4n) is 2.81. The second kappa shape index (κ2) is 3.70. The van der Waals surface area contributed by atoms with Crippen molar-refractivity contribution in [2.75, 3.05) is 0 Å². The summed E-state index contributed by atoms with van der Waals surface area (Å²) in [5.74, 6) is -0.303. The zero-order valence-electron chi connectivity index (χ0n) is 10.8. The zero-order chi connectivity index (χ0) is 13.9. The second-order valence-electron chi connectivity index (χ2n) is 4.92. The van der Waals surface area contributed by atoms with E-state index in [1.165, 1.54) is 12.1 Å². The average molecular weight is 266 g/mol. The summed E-state index contributed by atoms with van der Waals surface area (Å²) in [7, 11) is 1.75. The summed E-state index contributed by atoms with van der Waals surface area (Å²) < 4.78 is 17.0. The number of nitrogens with zero attached hydrogens (tertiary/aromatic N) is 2. The molecule has 0 bridgehead atoms. The predicted octanol–water partition coefficient (Wildman–Crippen LogP) is 3.08. The fourth-order valence-corrected chi connectivity index (χ4v) is 2.81. The molecule has 3 nitrogen and oxygen atoms in total. The number of aromatic nitrogens is 2. The molecule has 0 aliphatic rings. The minimum Gasteiger partial charge on any atom is -0.308 e. The minimum atomic E-state index is -0.303. The van der Waals surface area contributed by atoms with Crippen molar-refractivity contribution in [1.82, 2.24) is 8.97 Å². The summed E-state index contributed by atoms with van der Waals surface area (Å²) in [6.45, 7) is 0. The normalized spacial score (nSPS) is 11.7. The number of aryl methyl sites for hydroxylation is 1. The Morgan fingerprint density at radius 3 is 2.45 bits per heavy atom. The van der Waals surface area contributed by atoms with E-state index in [4.69, 9.17) is 0 Å². The first kappa shape index (κ1) is 11.2. The molecule has 0 N–H and O–H groups in total. The third-order valence-electron chi connectivity index (χ3n) is 3.77. The van der Waals surface area contributed by atoms with Gasteiger partial charge < -0.3 is 8.97 Å². The van der Waals surface area contributed by atoms with Crippen LogP contribution in [0.2, 0.25) is 0 Å². The highest BCUT2D eigenvalue weighted by molar-refractivity contribution is 5.93. The molecule has 0 saturated carbocycles. The van der Waals surface area contributed by atoms with Crippen LogP contribution in [-0.2, 0) is 7.05 Å². The highest BCUT2D eigenvalue weighted by Crippen LogP contribution is 2.23. The molecule has 2 aromatic heterocycles. The molecule has 0 aliphatic carbocycles. The standard InChI is InChI=1S/C16H11FN2O/c1-18-12-4-2-3-5-13(12)19-14-9-11(17)7-6-10(14)8-15(19)16(18)20/h2-9H,1H3. The number of halogens is 1. The van der Waals surface area contributed by atoms with Crippen molar-refractivity contribution in [3.63, 3.8) is 0 Å². The van der Waals surface area contributed by atoms with E-state index in [1.807, 2.05) is 34.7 Å². The summed E-state index contributed by atoms with van der Waals surface area (Å²) in [5, 5.41) is 0.861. The molecule has 4 aromatic rings. The maximum atomic E-state index is 13.5. The highest BCUT2D eigenvalue weighted by Gasteiger charge is 2.12. The number of hydrogen-bond acceptors (Lipinski definition) is 1. The lowest BCUT2D eigenvalue weighted by molar-refractivity contribution is 0.629. The Hall–Kier alpha value is -2.62. The smallest absolute Gasteiger partial charge is 0.275 e. The van der Waals surface area contributed by atoms with Gasteiger partial charge >= 0.3 is 0 Å². The molecule has 0 radical (unpaired) electrons. The molecule has 98 valence electrons. The molecule has 0 amide bonds. The first-order chi connectivity index (χ1) is 9.66. The molecule has 2 heterocycles. The van der Waals surface area contributed by atoms with Gasteiger partial charge in [-0.2, -0.15) is 0 Å². The van der Waals surface area contributed by atoms with Gasteiger partial charge in [-0.05, 0) is 36.4 Å². The number of hydrogen-bond donors (Lipinski definition) is 0. The van der Waals surface area contributed by atoms with Crippen LogP contribution >= 0.6 is 0 Å². The van der Waals surface area contributed by atoms with E-state index in [1.54, 1.807) is 17.7 Å². The Balaban J connectivity index is 2.44. The van der Waals surface area contributed by atoms with Crippen LogP contribution in [0.4, 0.5) is 4.39 Å². The summed E-state index contributed by atoms with van der Waals surface area (Å²) in [6.07, 6.45) is 0. The van der Waals surface area contributed by atoms with Crippen LogP contribution in [0.15, 0.2) is 53.3 Å². The van der Waals surface area contributed by atoms with Crippen molar-refractivity contribution in [3.8, 4) is 0 Å². The molecular formula is C16H11FN2O. The average Bonchev–Trinajstić information content (AvgIpc) is 2.83. The van der Waals surface area contributed by atoms with Gasteiger partial charge in [0.15, 0.2) is 0 Å². The van der Waals surface area contributed by atoms with Crippen molar-refractivity contribution < 1.29 is 4.39 Å². The lowest BCUT2D eigenvalue weighted by Crippen LogP contribution is -2.19. The van der Waals surface area contributed by atoms with Crippen molar-refractivity contribution in [2.45, 2.75) is 0 Å². The number of rotatable bonds is 0. The molecule has 0 atom stereocenters. The molecule has 4 heteroatoms. The molecule has 0 aliphatic heterocycles. The molecule has 0 fully saturated rings. The van der Waals surface area contributed by atoms with E-state index in [-0.39, 0.29) is 11.4 Å². The molecule has 20 heavy (non-hydrogen) atoms. The quantitative estimate of drug-likeness (QED) is 0.480. The largest absolute Gasteiger partial charge is 0.308 e. The van der Waals surface area contributed by atoms with E-state index in [0.717, 1.165) is 16.4 Å². The van der Waals surface area contributed by atoms with Gasteiger partial charge in [0.05, 0.1) is 16.6 Å². The van der Waals surface area contributed by atoms with E-state index >= 15 is 0 Å². The summed E-state index contributed by atoms with van der Waals surface area (Å²) in [6, 6.07) is 14.0. The van der Waals surface area contributed by atoms with Gasteiger partial charge in [0.2, 0.25) is 0 Å². The van der Waals surface area contributed by atoms with Gasteiger partial charge in [-0.15, -0.1) is 0 Å². The molecule has 4 rings (SSSR count). The maximum Gasteiger partial charge on any atom is 0.275 e. The Kier molecular flexibility index (Phi) is 2.07. The topological polar surface area (TPSA) is 26.4 Å². The Morgan fingerprint density at radius 1 is 0.900 bits per heavy atom. The van der Waals surface area contributed by atoms with Gasteiger partial charge in [0, 0.05) is 12.4 Å². The van der Waals surface area contributed by atoms with Crippen LogP contribution in [-0.4, -0.2) is 8.97 Å². The van der Waals surface area contributed by atoms with E-state index in [0.29, 0.717) is 11.0 Å². The minimum absolute atomic E-state index is 0.0830. The van der Waals surface area contributed by atoms with Crippen LogP contribution in [0.5, 0.6) is 0 Å². The molecular weight excluding hydrogens is 255 g/mol. The Bertz CT molecular complexity index is 1040. The van der Waals surface area contributed by atoms with Crippen LogP contribution in [0.3, 0.4) is 0 Å². The zero-order valence-corrected chi connectivity index (χ0v) is 10.8. The second-order valence-corrected chi connectivity index (χ2v) is 4.92. The SMILES string of the molecule is Cn1c(=O)c2cc3ccc(F)cc3n2c2ccccc21. The van der Waals surface area contributed by atoms with Crippen LogP contribution in [0.1, 0.15) is 0 Å². The van der Waals surface area contributed by atoms with Crippen molar-refractivity contribution in [3.05, 3.63) is 64.7 Å². The number of para-hydroxylation sites is 2. The lowest BCUT2D eigenvalue weighted by atomic mass is 10.2. The highest BCUT2D eigenvalue weighted by atomic mass is 19.1. The lowest BCUT2D eigenvalue weighted by Gasteiger charge is -2.08. The summed E-state index contributed by atoms with van der Waals surface area (Å²) in [5.41, 5.74) is 2.91. The Morgan fingerprint density at radius 2 is 1.65 bits per heavy atom. The predicted molar refractivity (Wildman–Crippen MR) is 77.6 cm³/mol. The van der Waals surface area contributed by atoms with E-state index in [9.17, 15) is 9.18 Å². The van der Waals surface area contributed by atoms with Crippen molar-refractivity contribution >= 4 is 27.5 Å². The number of benzene rings is 2. The van der Waals surface area contributed by atoms with Crippen molar-refractivity contribution in [2.24, 2.45) is 7.05 Å². The molecule has 0 saturated heterocycles. The summed E-state index contributed by atoms with van der Waals surface area (Å²) >= 11 is 0. The van der Waals surface area contributed by atoms with Gasteiger partial charge in [0.25, 0.3) is 5.56 Å². The third-order valence-corrected chi connectivity index (χ3v) is 3.77. The van der Waals surface area contributed by atoms with Crippen LogP contribution < -0.4 is 5.56 Å². The molecule has 0 unspecified atom stereocenters. The monoisotopic (exact) mass is 266 g/mol. The fraction of sp³-hybridized carbons (Fsp3) is 0.0625. The molecule has 0 spiro atoms. The third kappa shape index (κ3) is 1.30.